The molecule has 22 N–H and O–H groups in total. The largest absolute Gasteiger partial charge is 0.476 e. The van der Waals surface area contributed by atoms with Gasteiger partial charge in [0.2, 0.25) is 7.57 Å². The van der Waals surface area contributed by atoms with Crippen molar-refractivity contribution < 1.29 is 237 Å². The zero-order chi connectivity index (χ0) is 86.8. The van der Waals surface area contributed by atoms with Gasteiger partial charge in [-0.25, -0.2) is 40.4 Å². The zero-order valence-electron chi connectivity index (χ0n) is 58.9. The number of alkyl halides is 1. The maximum absolute atomic E-state index is 12.8. The molecule has 7 heterocycles. The summed E-state index contributed by atoms with van der Waals surface area (Å²) in [5.74, 6) is -1.55. The molecule has 0 aliphatic carbocycles. The molecule has 0 spiro atoms. The number of aliphatic hydroxyl groups is 7. The molecule has 7 fully saturated rings. The normalized spacial score (nSPS) is 37.5. The first-order valence-corrected chi connectivity index (χ1v) is 49.1. The number of ether oxygens (including phenoxy) is 8. The Morgan fingerprint density at radius 1 is 0.324 bits per heavy atom. The molecular formula is C42H85B8FO49P10Se. The molecule has 0 amide bonds. The minimum absolute atomic E-state index is 0.277. The van der Waals surface area contributed by atoms with Gasteiger partial charge in [-0.1, -0.05) is 27.7 Å². The van der Waals surface area contributed by atoms with Gasteiger partial charge in [-0.3, -0.25) is 27.2 Å². The van der Waals surface area contributed by atoms with Crippen molar-refractivity contribution in [2.45, 2.75) is 174 Å². The summed E-state index contributed by atoms with van der Waals surface area (Å²) in [4.78, 5) is 128. The Hall–Kier alpha value is 1.87. The fraction of sp³-hybridized carbons (Fsp3) is 1.00. The van der Waals surface area contributed by atoms with Crippen LogP contribution in [0.3, 0.4) is 0 Å². The van der Waals surface area contributed by atoms with Crippen LogP contribution in [0.4, 0.5) is 4.39 Å². The third-order valence-electron chi connectivity index (χ3n) is 15.5. The summed E-state index contributed by atoms with van der Waals surface area (Å²) in [5, 5.41) is 66.7. The van der Waals surface area contributed by atoms with E-state index in [1.54, 1.807) is 34.6 Å². The molecular weight excluding hydrogens is 1780 g/mol. The van der Waals surface area contributed by atoms with Gasteiger partial charge in [-0.15, -0.1) is 0 Å². The predicted octanol–water partition coefficient (Wildman–Crippen LogP) is -7.03. The van der Waals surface area contributed by atoms with Crippen molar-refractivity contribution in [1.29, 1.82) is 0 Å². The Bertz CT molecular complexity index is 3020. The van der Waals surface area contributed by atoms with E-state index < -0.39 is 236 Å². The van der Waals surface area contributed by atoms with Crippen LogP contribution >= 0.6 is 76.0 Å². The van der Waals surface area contributed by atoms with Gasteiger partial charge in [0.1, 0.15) is 108 Å². The minimum atomic E-state index is -5.03. The summed E-state index contributed by atoms with van der Waals surface area (Å²) < 4.78 is 191. The molecule has 0 aromatic carbocycles. The number of methoxy groups -OCH3 is 1. The first-order valence-electron chi connectivity index (χ1n) is 31.0. The molecule has 7 aliphatic rings. The monoisotopic (exact) mass is 1870 g/mol. The van der Waals surface area contributed by atoms with Gasteiger partial charge in [0.15, 0.2) is 0 Å². The number of hydrogen-bond acceptors (Lipinski definition) is 35. The number of phosphoric ester groups is 4. The number of phosphoric acid groups is 7. The molecule has 7 rings (SSSR count). The quantitative estimate of drug-likeness (QED) is 0.0256. The summed E-state index contributed by atoms with van der Waals surface area (Å²) in [6, 6.07) is -5.44. The van der Waals surface area contributed by atoms with Crippen molar-refractivity contribution in [2.24, 2.45) is 29.6 Å². The van der Waals surface area contributed by atoms with Crippen molar-refractivity contribution in [3.05, 3.63) is 0 Å². The van der Waals surface area contributed by atoms with Crippen LogP contribution in [0.15, 0.2) is 0 Å². The van der Waals surface area contributed by atoms with E-state index in [2.05, 4.69) is 40.3 Å². The molecule has 7 aliphatic heterocycles. The Kier molecular flexibility index (Phi) is 47.0. The van der Waals surface area contributed by atoms with E-state index in [0.29, 0.717) is 0 Å². The summed E-state index contributed by atoms with van der Waals surface area (Å²) >= 11 is 2.03. The van der Waals surface area contributed by atoms with E-state index in [4.69, 9.17) is 178 Å². The van der Waals surface area contributed by atoms with Gasteiger partial charge in [0, 0.05) is 67.5 Å². The molecule has 0 aromatic heterocycles. The minimum Gasteiger partial charge on any atom is -0.390 e. The molecule has 0 aromatic rings. The third kappa shape index (κ3) is 43.7. The molecule has 16 radical (unpaired) electrons. The Labute approximate surface area is 651 Å². The molecule has 3 unspecified atom stereocenters. The van der Waals surface area contributed by atoms with Crippen LogP contribution in [0.5, 0.6) is 0 Å². The van der Waals surface area contributed by atoms with E-state index in [1.807, 2.05) is 15.1 Å². The standard InChI is InChI=1S/C7H15BO8P2.C6H12B2O8P2.C6H13BO8P2Se.C6H12BO7P.2C6H12BO6P.C5H9BFO6P/c1-4-6(9)5(15-7(4)8)3-14-17(2,10)16-18(11,12)13;1-3-5(9)4(15-6(3)7)2-14-17(8,10)16-18(11,12)13;1-3-5(8)4(14-6(3)7)2-13-17(12,18)15-16(9,10)11;1-12-5-4(8)3(14-6(5)7)2-13-15(9,10)11;2*1-3-5(8)4(13-6(3)7)2-12-14(9,10)11;6-5-3(7)4(8)2(13-5)1-12-14(9,10)11/h4-7,9H,3H2,1-2H3,(H2,11,12,13);3-6,9H,2H2,1H3,(H2,11,12,13);3-6,8H,2H2,1H3,(H,12,18)(H2,9,10,11);3-6,8H,2H2,1H3,(H2,9,10,11);2*3-6,8H,2H2,1H3,(H2,9,10,11);2-5,8H,1H2,(H2,9,10,11)/t4-,5-,6+,7-,17?;2*3-,4-,5+,6-,17?;3-,4-,5-,6-;2*3-,4-,5+,6-;2-,3-,4-,5-/m1111111/s1. The molecule has 31 atom stereocenters. The molecule has 0 saturated carbocycles. The average Bonchev–Trinajstić information content (AvgIpc) is 1.79. The van der Waals surface area contributed by atoms with Crippen LogP contribution in [-0.2, 0) is 124 Å². The van der Waals surface area contributed by atoms with Crippen molar-refractivity contribution in [1.82, 2.24) is 0 Å². The molecule has 7 saturated heterocycles. The fourth-order valence-electron chi connectivity index (χ4n) is 9.24. The van der Waals surface area contributed by atoms with Gasteiger partial charge in [0.25, 0.3) is 7.47 Å². The molecule has 69 heteroatoms. The van der Waals surface area contributed by atoms with Crippen molar-refractivity contribution >= 4 is 154 Å². The second-order valence-corrected chi connectivity index (χ2v) is 41.5. The topological polar surface area (TPSA) is 765 Å². The van der Waals surface area contributed by atoms with Crippen molar-refractivity contribution in [3.8, 4) is 0 Å². The predicted molar refractivity (Wildman–Crippen MR) is 375 cm³/mol. The summed E-state index contributed by atoms with van der Waals surface area (Å²) in [5.41, 5.74) is 0. The Balaban J connectivity index is 0.000000649. The van der Waals surface area contributed by atoms with Crippen molar-refractivity contribution in [3.63, 3.8) is 0 Å². The van der Waals surface area contributed by atoms with Crippen LogP contribution in [0, 0.1) is 29.6 Å². The smallest absolute Gasteiger partial charge is 0.390 e. The molecule has 111 heavy (non-hydrogen) atoms. The van der Waals surface area contributed by atoms with Crippen molar-refractivity contribution in [2.75, 3.05) is 60.0 Å². The van der Waals surface area contributed by atoms with Crippen LogP contribution in [0.1, 0.15) is 34.6 Å². The molecule has 49 nitrogen and oxygen atoms in total. The first kappa shape index (κ1) is 111. The number of halogens is 1. The average molecular weight is 1870 g/mol. The maximum atomic E-state index is 12.8. The van der Waals surface area contributed by atoms with Gasteiger partial charge in [-0.2, -0.15) is 0 Å². The van der Waals surface area contributed by atoms with E-state index in [-0.39, 0.29) is 56.0 Å². The van der Waals surface area contributed by atoms with E-state index in [1.165, 1.54) is 7.11 Å². The van der Waals surface area contributed by atoms with Gasteiger partial charge in [0.05, 0.1) is 70.1 Å². The molecule has 0 bridgehead atoms. The van der Waals surface area contributed by atoms with E-state index in [9.17, 15) is 81.0 Å². The second-order valence-electron chi connectivity index (χ2n) is 24.4. The summed E-state index contributed by atoms with van der Waals surface area (Å²) in [6.45, 7) is 6.37. The van der Waals surface area contributed by atoms with E-state index in [0.717, 1.165) is 6.66 Å². The SMILES string of the molecule is [B][C@@H]1O[C@H](COP(=O)(O)O)[C@@H](O)[C@H]1C.[B][C@@H]1O[C@H](COP(=O)(O)O)[C@@H](O)[C@H]1C.[B][C@@H]1O[C@H](COP(=O)(O)O)[C@@H](O)[C@H]1F.[B][C@@H]1O[C@H](COP(=O)(O)O)[C@@H](O)[C@H]1OC.[B][C@@H]1O[C@H](COP(C)(=O)OP(=O)(O)O)[C@@H](O)[C@H]1C.[B][C@@H]1O[C@H](COP(O)(=[Se])OP(=O)(O)O)[C@@H](O)[C@H]1C.[B][C@@H]1O[C@H](COP([B])(=O)OP(=O)(O)O)[C@@H](O)[C@H]1C. The third-order valence-corrected chi connectivity index (χ3v) is 26.4. The van der Waals surface area contributed by atoms with Crippen LogP contribution in [-0.4, -0.2) is 387 Å². The Morgan fingerprint density at radius 3 is 0.766 bits per heavy atom. The number of rotatable bonds is 28. The Morgan fingerprint density at radius 2 is 0.550 bits per heavy atom. The summed E-state index contributed by atoms with van der Waals surface area (Å²) in [6.07, 6.45) is -19.5. The molecule has 634 valence electrons. The van der Waals surface area contributed by atoms with Gasteiger partial charge in [-0.05, 0) is 0 Å². The fourth-order valence-corrected chi connectivity index (χ4v) is 18.1. The second kappa shape index (κ2) is 47.1. The number of hydrogen-bond donors (Lipinski definition) is 22. The van der Waals surface area contributed by atoms with Crippen LogP contribution in [0.2, 0.25) is 0 Å². The summed E-state index contributed by atoms with van der Waals surface area (Å²) in [7, 11) is 2.97. The number of aliphatic hydroxyl groups excluding tert-OH is 7. The zero-order valence-corrected chi connectivity index (χ0v) is 69.5. The maximum Gasteiger partial charge on any atom is 0.476 e. The first-order chi connectivity index (χ1) is 49.8. The van der Waals surface area contributed by atoms with Crippen LogP contribution in [0.25, 0.3) is 0 Å². The van der Waals surface area contributed by atoms with Crippen LogP contribution < -0.4 is 0 Å². The van der Waals surface area contributed by atoms with Gasteiger partial charge >= 0.3 is 167 Å². The van der Waals surface area contributed by atoms with Gasteiger partial charge < -0.3 is 132 Å². The van der Waals surface area contributed by atoms with E-state index >= 15 is 0 Å².